The molecule has 150 valence electrons. The van der Waals surface area contributed by atoms with E-state index in [9.17, 15) is 8.42 Å². The summed E-state index contributed by atoms with van der Waals surface area (Å²) in [4.78, 5) is 2.35. The smallest absolute Gasteiger partial charge is 0.268 e. The molecule has 0 aliphatic carbocycles. The van der Waals surface area contributed by atoms with Crippen molar-refractivity contribution in [2.75, 3.05) is 27.7 Å². The molecule has 0 unspecified atom stereocenters. The lowest BCUT2D eigenvalue weighted by Crippen LogP contribution is -2.15. The van der Waals surface area contributed by atoms with Gasteiger partial charge in [0, 0.05) is 18.1 Å². The van der Waals surface area contributed by atoms with Crippen molar-refractivity contribution < 1.29 is 13.2 Å². The fourth-order valence-corrected chi connectivity index (χ4v) is 5.06. The summed E-state index contributed by atoms with van der Waals surface area (Å²) in [7, 11) is 1.79. The highest BCUT2D eigenvalue weighted by Crippen LogP contribution is 2.33. The molecule has 4 rings (SSSR count). The van der Waals surface area contributed by atoms with Crippen LogP contribution in [0.1, 0.15) is 5.56 Å². The van der Waals surface area contributed by atoms with Crippen molar-refractivity contribution in [2.24, 2.45) is 0 Å². The van der Waals surface area contributed by atoms with E-state index in [4.69, 9.17) is 4.74 Å². The Labute approximate surface area is 171 Å². The van der Waals surface area contributed by atoms with Gasteiger partial charge in [-0.05, 0) is 55.1 Å². The van der Waals surface area contributed by atoms with Crippen LogP contribution in [0, 0.1) is 0 Å². The molecule has 29 heavy (non-hydrogen) atoms. The number of hydrogen-bond donors (Lipinski definition) is 0. The molecule has 0 fully saturated rings. The first kappa shape index (κ1) is 19.5. The fraction of sp³-hybridized carbons (Fsp3) is 0.217. The molecule has 0 aliphatic rings. The maximum atomic E-state index is 13.6. The highest BCUT2D eigenvalue weighted by Gasteiger charge is 2.23. The van der Waals surface area contributed by atoms with Gasteiger partial charge >= 0.3 is 0 Å². The molecule has 0 saturated heterocycles. The van der Waals surface area contributed by atoms with Gasteiger partial charge in [0.2, 0.25) is 0 Å². The molecule has 0 atom stereocenters. The summed E-state index contributed by atoms with van der Waals surface area (Å²) in [6, 6.07) is 18.6. The van der Waals surface area contributed by atoms with Gasteiger partial charge in [-0.3, -0.25) is 0 Å². The minimum absolute atomic E-state index is 0.262. The Morgan fingerprint density at radius 2 is 1.72 bits per heavy atom. The van der Waals surface area contributed by atoms with Gasteiger partial charge in [-0.25, -0.2) is 12.4 Å². The van der Waals surface area contributed by atoms with Crippen LogP contribution in [0.4, 0.5) is 0 Å². The van der Waals surface area contributed by atoms with Gasteiger partial charge in [-0.15, -0.1) is 0 Å². The van der Waals surface area contributed by atoms with Gasteiger partial charge in [0.25, 0.3) is 10.0 Å². The van der Waals surface area contributed by atoms with Crippen LogP contribution in [0.2, 0.25) is 0 Å². The predicted octanol–water partition coefficient (Wildman–Crippen LogP) is 4.14. The quantitative estimate of drug-likeness (QED) is 0.481. The molecular formula is C23H24N2O3S. The molecule has 5 nitrogen and oxygen atoms in total. The van der Waals surface area contributed by atoms with Crippen LogP contribution in [0.25, 0.3) is 21.7 Å². The van der Waals surface area contributed by atoms with E-state index in [1.54, 1.807) is 31.5 Å². The van der Waals surface area contributed by atoms with E-state index in [0.29, 0.717) is 11.3 Å². The molecule has 0 aliphatic heterocycles. The van der Waals surface area contributed by atoms with Gasteiger partial charge in [0.15, 0.2) is 0 Å². The summed E-state index contributed by atoms with van der Waals surface area (Å²) in [5, 5.41) is 2.80. The van der Waals surface area contributed by atoms with Gasteiger partial charge in [-0.2, -0.15) is 0 Å². The average Bonchev–Trinajstić information content (AvgIpc) is 3.11. The lowest BCUT2D eigenvalue weighted by atomic mass is 10.1. The molecule has 0 bridgehead atoms. The molecule has 0 amide bonds. The lowest BCUT2D eigenvalue weighted by molar-refractivity contribution is 0.414. The van der Waals surface area contributed by atoms with Crippen LogP contribution < -0.4 is 4.74 Å². The molecule has 6 heteroatoms. The zero-order chi connectivity index (χ0) is 20.6. The van der Waals surface area contributed by atoms with Crippen molar-refractivity contribution in [3.63, 3.8) is 0 Å². The number of fused-ring (bicyclic) bond motifs is 2. The predicted molar refractivity (Wildman–Crippen MR) is 117 cm³/mol. The highest BCUT2D eigenvalue weighted by molar-refractivity contribution is 7.90. The van der Waals surface area contributed by atoms with E-state index in [1.165, 1.54) is 3.97 Å². The van der Waals surface area contributed by atoms with Gasteiger partial charge in [-0.1, -0.05) is 42.5 Å². The topological polar surface area (TPSA) is 51.5 Å². The van der Waals surface area contributed by atoms with E-state index in [-0.39, 0.29) is 4.90 Å². The first-order chi connectivity index (χ1) is 13.9. The first-order valence-corrected chi connectivity index (χ1v) is 10.9. The number of ether oxygens (including phenoxy) is 1. The van der Waals surface area contributed by atoms with Crippen molar-refractivity contribution >= 4 is 31.7 Å². The van der Waals surface area contributed by atoms with Crippen molar-refractivity contribution in [2.45, 2.75) is 11.3 Å². The molecule has 4 aromatic rings. The van der Waals surface area contributed by atoms with Crippen molar-refractivity contribution in [3.05, 3.63) is 72.4 Å². The number of para-hydroxylation sites is 1. The number of likely N-dealkylation sites (N-methyl/N-ethyl adjacent to an activating group) is 1. The maximum absolute atomic E-state index is 13.6. The molecule has 0 saturated carbocycles. The van der Waals surface area contributed by atoms with E-state index in [0.717, 1.165) is 34.7 Å². The standard InChI is InChI=1S/C23H24N2O3S/c1-24(2)14-13-19-16-25(23-21(19)9-6-10-22(23)28-3)29(26,27)20-12-11-17-7-4-5-8-18(17)15-20/h4-12,15-16H,13-14H2,1-3H3. The number of hydrogen-bond acceptors (Lipinski definition) is 4. The molecule has 1 heterocycles. The molecule has 0 N–H and O–H groups in total. The molecule has 3 aromatic carbocycles. The van der Waals surface area contributed by atoms with E-state index in [1.807, 2.05) is 56.6 Å². The second kappa shape index (κ2) is 7.54. The Kier molecular flexibility index (Phi) is 5.06. The van der Waals surface area contributed by atoms with Crippen LogP contribution in [0.5, 0.6) is 5.75 Å². The number of methoxy groups -OCH3 is 1. The molecular weight excluding hydrogens is 384 g/mol. The van der Waals surface area contributed by atoms with E-state index < -0.39 is 10.0 Å². The summed E-state index contributed by atoms with van der Waals surface area (Å²) in [6.45, 7) is 0.826. The minimum Gasteiger partial charge on any atom is -0.495 e. The normalized spacial score (nSPS) is 12.1. The Morgan fingerprint density at radius 1 is 0.966 bits per heavy atom. The Balaban J connectivity index is 1.93. The SMILES string of the molecule is COc1cccc2c(CCN(C)C)cn(S(=O)(=O)c3ccc4ccccc4c3)c12. The zero-order valence-corrected chi connectivity index (χ0v) is 17.6. The summed E-state index contributed by atoms with van der Waals surface area (Å²) in [5.41, 5.74) is 1.56. The largest absolute Gasteiger partial charge is 0.495 e. The summed E-state index contributed by atoms with van der Waals surface area (Å²) < 4.78 is 34.1. The maximum Gasteiger partial charge on any atom is 0.268 e. The monoisotopic (exact) mass is 408 g/mol. The second-order valence-corrected chi connectivity index (χ2v) is 9.19. The molecule has 1 aromatic heterocycles. The van der Waals surface area contributed by atoms with E-state index >= 15 is 0 Å². The summed E-state index contributed by atoms with van der Waals surface area (Å²) in [5.74, 6) is 0.544. The van der Waals surface area contributed by atoms with Gasteiger partial charge in [0.1, 0.15) is 11.3 Å². The summed E-state index contributed by atoms with van der Waals surface area (Å²) >= 11 is 0. The fourth-order valence-electron chi connectivity index (χ4n) is 3.62. The third kappa shape index (κ3) is 3.50. The minimum atomic E-state index is -3.78. The van der Waals surface area contributed by atoms with Crippen LogP contribution in [0.15, 0.2) is 71.8 Å². The van der Waals surface area contributed by atoms with Gasteiger partial charge in [0.05, 0.1) is 12.0 Å². The van der Waals surface area contributed by atoms with Crippen LogP contribution >= 0.6 is 0 Å². The lowest BCUT2D eigenvalue weighted by Gasteiger charge is -2.11. The van der Waals surface area contributed by atoms with Crippen molar-refractivity contribution in [3.8, 4) is 5.75 Å². The van der Waals surface area contributed by atoms with Crippen molar-refractivity contribution in [1.29, 1.82) is 0 Å². The number of benzene rings is 3. The van der Waals surface area contributed by atoms with Crippen LogP contribution in [-0.2, 0) is 16.4 Å². The highest BCUT2D eigenvalue weighted by atomic mass is 32.2. The molecule has 0 radical (unpaired) electrons. The van der Waals surface area contributed by atoms with Gasteiger partial charge < -0.3 is 9.64 Å². The third-order valence-electron chi connectivity index (χ3n) is 5.16. The van der Waals surface area contributed by atoms with Crippen LogP contribution in [-0.4, -0.2) is 45.0 Å². The Hall–Kier alpha value is -2.83. The second-order valence-electron chi connectivity index (χ2n) is 7.37. The average molecular weight is 409 g/mol. The number of aromatic nitrogens is 1. The number of rotatable bonds is 6. The summed E-state index contributed by atoms with van der Waals surface area (Å²) in [6.07, 6.45) is 2.48. The number of nitrogens with zero attached hydrogens (tertiary/aromatic N) is 2. The Bertz CT molecular complexity index is 1290. The zero-order valence-electron chi connectivity index (χ0n) is 16.8. The molecule has 0 spiro atoms. The third-order valence-corrected chi connectivity index (χ3v) is 6.82. The van der Waals surface area contributed by atoms with E-state index in [2.05, 4.69) is 4.90 Å². The first-order valence-electron chi connectivity index (χ1n) is 9.48. The Morgan fingerprint density at radius 3 is 2.45 bits per heavy atom. The van der Waals surface area contributed by atoms with Crippen molar-refractivity contribution in [1.82, 2.24) is 8.87 Å². The van der Waals surface area contributed by atoms with Crippen LogP contribution in [0.3, 0.4) is 0 Å².